The zero-order valence-corrected chi connectivity index (χ0v) is 10.8. The lowest BCUT2D eigenvalue weighted by atomic mass is 10.3. The zero-order valence-electron chi connectivity index (χ0n) is 10.8. The van der Waals surface area contributed by atoms with Gasteiger partial charge in [0.15, 0.2) is 0 Å². The third-order valence-corrected chi connectivity index (χ3v) is 2.57. The molecule has 1 aromatic rings. The second kappa shape index (κ2) is 6.39. The molecule has 5 heteroatoms. The number of rotatable bonds is 7. The Labute approximate surface area is 102 Å². The second-order valence-electron chi connectivity index (χ2n) is 4.45. The van der Waals surface area contributed by atoms with Gasteiger partial charge in [-0.1, -0.05) is 6.92 Å². The summed E-state index contributed by atoms with van der Waals surface area (Å²) in [6.07, 6.45) is 4.64. The van der Waals surface area contributed by atoms with Gasteiger partial charge in [-0.15, -0.1) is 0 Å². The van der Waals surface area contributed by atoms with E-state index < -0.39 is 5.97 Å². The summed E-state index contributed by atoms with van der Waals surface area (Å²) in [5.74, 6) is 0.135. The maximum Gasteiger partial charge on any atom is 0.317 e. The minimum absolute atomic E-state index is 0.0682. The molecule has 0 aliphatic heterocycles. The van der Waals surface area contributed by atoms with Gasteiger partial charge in [0.25, 0.3) is 0 Å². The molecule has 0 aromatic carbocycles. The summed E-state index contributed by atoms with van der Waals surface area (Å²) in [4.78, 5) is 17.0. The first-order valence-electron chi connectivity index (χ1n) is 6.00. The first-order valence-corrected chi connectivity index (χ1v) is 6.00. The summed E-state index contributed by atoms with van der Waals surface area (Å²) in [6, 6.07) is 0.348. The minimum atomic E-state index is -0.791. The fraction of sp³-hybridized carbons (Fsp3) is 0.667. The van der Waals surface area contributed by atoms with Crippen LogP contribution in [0.4, 0.5) is 0 Å². The molecule has 0 unspecified atom stereocenters. The van der Waals surface area contributed by atoms with Crippen molar-refractivity contribution in [2.75, 3.05) is 13.1 Å². The number of nitrogens with zero attached hydrogens (tertiary/aromatic N) is 3. The predicted molar refractivity (Wildman–Crippen MR) is 65.8 cm³/mol. The van der Waals surface area contributed by atoms with Gasteiger partial charge in [-0.3, -0.25) is 9.69 Å². The number of aliphatic carboxylic acids is 1. The molecule has 0 fully saturated rings. The molecule has 0 spiro atoms. The van der Waals surface area contributed by atoms with Crippen molar-refractivity contribution in [3.8, 4) is 0 Å². The summed E-state index contributed by atoms with van der Waals surface area (Å²) in [5, 5.41) is 8.85. The van der Waals surface area contributed by atoms with E-state index >= 15 is 0 Å². The van der Waals surface area contributed by atoms with Gasteiger partial charge in [-0.2, -0.15) is 0 Å². The lowest BCUT2D eigenvalue weighted by Crippen LogP contribution is -2.31. The SMILES string of the molecule is CCCN(CC(=O)O)Cc1nccn1C(C)C. The van der Waals surface area contributed by atoms with E-state index in [1.54, 1.807) is 6.20 Å². The molecule has 0 aliphatic rings. The van der Waals surface area contributed by atoms with Crippen LogP contribution in [0.3, 0.4) is 0 Å². The Hall–Kier alpha value is -1.36. The second-order valence-corrected chi connectivity index (χ2v) is 4.45. The van der Waals surface area contributed by atoms with Gasteiger partial charge in [0.1, 0.15) is 5.82 Å². The first-order chi connectivity index (χ1) is 8.04. The van der Waals surface area contributed by atoms with Crippen molar-refractivity contribution in [2.45, 2.75) is 39.8 Å². The van der Waals surface area contributed by atoms with Gasteiger partial charge in [0.05, 0.1) is 13.1 Å². The number of aromatic nitrogens is 2. The topological polar surface area (TPSA) is 58.4 Å². The molecule has 0 atom stereocenters. The van der Waals surface area contributed by atoms with E-state index in [1.807, 2.05) is 18.0 Å². The number of carboxylic acids is 1. The van der Waals surface area contributed by atoms with Crippen molar-refractivity contribution in [1.82, 2.24) is 14.5 Å². The molecular formula is C12H21N3O2. The van der Waals surface area contributed by atoms with Gasteiger partial charge in [0.2, 0.25) is 0 Å². The Morgan fingerprint density at radius 2 is 2.29 bits per heavy atom. The van der Waals surface area contributed by atoms with Gasteiger partial charge in [-0.05, 0) is 26.8 Å². The Bertz CT molecular complexity index is 360. The van der Waals surface area contributed by atoms with Crippen LogP contribution in [0.2, 0.25) is 0 Å². The smallest absolute Gasteiger partial charge is 0.317 e. The van der Waals surface area contributed by atoms with E-state index in [0.717, 1.165) is 18.8 Å². The largest absolute Gasteiger partial charge is 0.480 e. The van der Waals surface area contributed by atoms with Crippen molar-refractivity contribution in [2.24, 2.45) is 0 Å². The van der Waals surface area contributed by atoms with Crippen LogP contribution in [0.15, 0.2) is 12.4 Å². The van der Waals surface area contributed by atoms with Crippen LogP contribution in [-0.2, 0) is 11.3 Å². The number of hydrogen-bond acceptors (Lipinski definition) is 3. The van der Waals surface area contributed by atoms with Crippen LogP contribution in [0.5, 0.6) is 0 Å². The van der Waals surface area contributed by atoms with Crippen molar-refractivity contribution in [3.63, 3.8) is 0 Å². The fourth-order valence-electron chi connectivity index (χ4n) is 1.86. The number of hydrogen-bond donors (Lipinski definition) is 1. The molecule has 0 saturated heterocycles. The maximum atomic E-state index is 10.8. The molecule has 1 N–H and O–H groups in total. The fourth-order valence-corrected chi connectivity index (χ4v) is 1.86. The van der Waals surface area contributed by atoms with E-state index in [-0.39, 0.29) is 6.54 Å². The monoisotopic (exact) mass is 239 g/mol. The average molecular weight is 239 g/mol. The third-order valence-electron chi connectivity index (χ3n) is 2.57. The minimum Gasteiger partial charge on any atom is -0.480 e. The van der Waals surface area contributed by atoms with Gasteiger partial charge >= 0.3 is 5.97 Å². The molecule has 0 radical (unpaired) electrons. The Morgan fingerprint density at radius 1 is 1.59 bits per heavy atom. The Balaban J connectivity index is 2.71. The van der Waals surface area contributed by atoms with E-state index in [2.05, 4.69) is 23.4 Å². The standard InChI is InChI=1S/C12H21N3O2/c1-4-6-14(9-12(16)17)8-11-13-5-7-15(11)10(2)3/h5,7,10H,4,6,8-9H2,1-3H3,(H,16,17). The van der Waals surface area contributed by atoms with Crippen LogP contribution in [-0.4, -0.2) is 38.6 Å². The first kappa shape index (κ1) is 13.7. The highest BCUT2D eigenvalue weighted by molar-refractivity contribution is 5.69. The molecule has 0 aliphatic carbocycles. The summed E-state index contributed by atoms with van der Waals surface area (Å²) >= 11 is 0. The van der Waals surface area contributed by atoms with Crippen molar-refractivity contribution in [1.29, 1.82) is 0 Å². The van der Waals surface area contributed by atoms with Crippen LogP contribution in [0.1, 0.15) is 39.1 Å². The summed E-state index contributed by atoms with van der Waals surface area (Å²) in [7, 11) is 0. The summed E-state index contributed by atoms with van der Waals surface area (Å²) in [6.45, 7) is 7.66. The summed E-state index contributed by atoms with van der Waals surface area (Å²) in [5.41, 5.74) is 0. The molecular weight excluding hydrogens is 218 g/mol. The van der Waals surface area contributed by atoms with Crippen LogP contribution >= 0.6 is 0 Å². The number of carboxylic acid groups (broad SMARTS) is 1. The van der Waals surface area contributed by atoms with Crippen LogP contribution < -0.4 is 0 Å². The molecule has 0 amide bonds. The molecule has 0 saturated carbocycles. The quantitative estimate of drug-likeness (QED) is 0.787. The highest BCUT2D eigenvalue weighted by Crippen LogP contribution is 2.10. The molecule has 1 rings (SSSR count). The Morgan fingerprint density at radius 3 is 2.82 bits per heavy atom. The van der Waals surface area contributed by atoms with Crippen LogP contribution in [0, 0.1) is 0 Å². The van der Waals surface area contributed by atoms with Crippen molar-refractivity contribution < 1.29 is 9.90 Å². The van der Waals surface area contributed by atoms with Crippen molar-refractivity contribution >= 4 is 5.97 Å². The lowest BCUT2D eigenvalue weighted by molar-refractivity contribution is -0.138. The third kappa shape index (κ3) is 4.19. The highest BCUT2D eigenvalue weighted by Gasteiger charge is 2.13. The predicted octanol–water partition coefficient (Wildman–Crippen LogP) is 1.76. The van der Waals surface area contributed by atoms with E-state index in [1.165, 1.54) is 0 Å². The highest BCUT2D eigenvalue weighted by atomic mass is 16.4. The number of imidazole rings is 1. The maximum absolute atomic E-state index is 10.8. The molecule has 17 heavy (non-hydrogen) atoms. The van der Waals surface area contributed by atoms with E-state index in [0.29, 0.717) is 12.6 Å². The molecule has 5 nitrogen and oxygen atoms in total. The van der Waals surface area contributed by atoms with Gasteiger partial charge in [0, 0.05) is 18.4 Å². The normalized spacial score (nSPS) is 11.4. The van der Waals surface area contributed by atoms with E-state index in [4.69, 9.17) is 5.11 Å². The summed E-state index contributed by atoms with van der Waals surface area (Å²) < 4.78 is 2.07. The van der Waals surface area contributed by atoms with Crippen LogP contribution in [0.25, 0.3) is 0 Å². The van der Waals surface area contributed by atoms with Crippen molar-refractivity contribution in [3.05, 3.63) is 18.2 Å². The van der Waals surface area contributed by atoms with Gasteiger partial charge < -0.3 is 9.67 Å². The molecule has 1 heterocycles. The van der Waals surface area contributed by atoms with Gasteiger partial charge in [-0.25, -0.2) is 4.98 Å². The lowest BCUT2D eigenvalue weighted by Gasteiger charge is -2.20. The van der Waals surface area contributed by atoms with E-state index in [9.17, 15) is 4.79 Å². The molecule has 1 aromatic heterocycles. The molecule has 0 bridgehead atoms. The Kier molecular flexibility index (Phi) is 5.15. The zero-order chi connectivity index (χ0) is 12.8. The average Bonchev–Trinajstić information content (AvgIpc) is 2.65. The number of carbonyl (C=O) groups is 1. The molecule has 96 valence electrons.